The molecular weight excluding hydrogens is 270 g/mol. The zero-order valence-corrected chi connectivity index (χ0v) is 12.1. The fourth-order valence-electron chi connectivity index (χ4n) is 2.11. The summed E-state index contributed by atoms with van der Waals surface area (Å²) in [5.41, 5.74) is 0.628. The van der Waals surface area contributed by atoms with Gasteiger partial charge in [0.15, 0.2) is 0 Å². The lowest BCUT2D eigenvalue weighted by atomic mass is 10.1. The highest BCUT2D eigenvalue weighted by Gasteiger charge is 2.12. The maximum atomic E-state index is 10.8. The van der Waals surface area contributed by atoms with Crippen LogP contribution in [0.5, 0.6) is 0 Å². The molecule has 21 heavy (non-hydrogen) atoms. The van der Waals surface area contributed by atoms with Crippen LogP contribution >= 0.6 is 0 Å². The Labute approximate surface area is 123 Å². The van der Waals surface area contributed by atoms with E-state index in [1.165, 1.54) is 31.4 Å². The molecular formula is C15H19N3O3. The highest BCUT2D eigenvalue weighted by molar-refractivity contribution is 5.58. The van der Waals surface area contributed by atoms with Crippen molar-refractivity contribution in [3.8, 4) is 11.4 Å². The molecule has 0 amide bonds. The molecule has 1 heterocycles. The number of benzene rings is 1. The van der Waals surface area contributed by atoms with Crippen molar-refractivity contribution in [1.29, 1.82) is 0 Å². The molecule has 6 nitrogen and oxygen atoms in total. The summed E-state index contributed by atoms with van der Waals surface area (Å²) in [5, 5.41) is 14.7. The van der Waals surface area contributed by atoms with Crippen molar-refractivity contribution in [2.45, 2.75) is 45.4 Å². The Hall–Kier alpha value is -2.24. The van der Waals surface area contributed by atoms with Gasteiger partial charge in [0.1, 0.15) is 0 Å². The second kappa shape index (κ2) is 7.52. The molecule has 0 radical (unpaired) electrons. The number of nitro groups is 1. The highest BCUT2D eigenvalue weighted by Crippen LogP contribution is 2.21. The molecule has 0 saturated carbocycles. The first-order chi connectivity index (χ1) is 10.2. The molecule has 112 valence electrons. The number of hydrogen-bond acceptors (Lipinski definition) is 5. The molecule has 0 saturated heterocycles. The predicted octanol–water partition coefficient (Wildman–Crippen LogP) is 4.16. The van der Waals surface area contributed by atoms with Gasteiger partial charge in [-0.05, 0) is 6.42 Å². The van der Waals surface area contributed by atoms with Crippen molar-refractivity contribution in [3.63, 3.8) is 0 Å². The number of non-ortho nitro benzene ring substituents is 1. The minimum Gasteiger partial charge on any atom is -0.339 e. The number of aryl methyl sites for hydroxylation is 1. The summed E-state index contributed by atoms with van der Waals surface area (Å²) in [7, 11) is 0. The number of nitrogens with zero attached hydrogens (tertiary/aromatic N) is 3. The standard InChI is InChI=1S/C15H19N3O3/c1-2-3-4-5-6-10-14-16-15(17-21-14)12-8-7-9-13(11-12)18(19)20/h7-9,11H,2-6,10H2,1H3. The van der Waals surface area contributed by atoms with E-state index in [-0.39, 0.29) is 5.69 Å². The number of hydrogen-bond donors (Lipinski definition) is 0. The van der Waals surface area contributed by atoms with E-state index >= 15 is 0 Å². The van der Waals surface area contributed by atoms with Crippen LogP contribution in [0.1, 0.15) is 44.9 Å². The van der Waals surface area contributed by atoms with Crippen LogP contribution < -0.4 is 0 Å². The van der Waals surface area contributed by atoms with Gasteiger partial charge in [0.2, 0.25) is 11.7 Å². The van der Waals surface area contributed by atoms with Gasteiger partial charge >= 0.3 is 0 Å². The molecule has 1 aromatic heterocycles. The van der Waals surface area contributed by atoms with Crippen LogP contribution in [0.25, 0.3) is 11.4 Å². The first-order valence-electron chi connectivity index (χ1n) is 7.28. The highest BCUT2D eigenvalue weighted by atomic mass is 16.6. The van der Waals surface area contributed by atoms with Crippen LogP contribution in [-0.2, 0) is 6.42 Å². The maximum Gasteiger partial charge on any atom is 0.270 e. The Morgan fingerprint density at radius 3 is 2.81 bits per heavy atom. The molecule has 0 bridgehead atoms. The third kappa shape index (κ3) is 4.37. The third-order valence-electron chi connectivity index (χ3n) is 3.28. The molecule has 0 unspecified atom stereocenters. The smallest absolute Gasteiger partial charge is 0.270 e. The van der Waals surface area contributed by atoms with Gasteiger partial charge in [-0.3, -0.25) is 10.1 Å². The normalized spacial score (nSPS) is 10.7. The second-order valence-electron chi connectivity index (χ2n) is 4.98. The molecule has 0 spiro atoms. The first-order valence-corrected chi connectivity index (χ1v) is 7.28. The van der Waals surface area contributed by atoms with Crippen LogP contribution in [0.4, 0.5) is 5.69 Å². The molecule has 0 fully saturated rings. The van der Waals surface area contributed by atoms with Gasteiger partial charge in [-0.1, -0.05) is 49.9 Å². The fourth-order valence-corrected chi connectivity index (χ4v) is 2.11. The van der Waals surface area contributed by atoms with Gasteiger partial charge < -0.3 is 4.52 Å². The second-order valence-corrected chi connectivity index (χ2v) is 4.98. The van der Waals surface area contributed by atoms with Gasteiger partial charge in [0, 0.05) is 24.1 Å². The van der Waals surface area contributed by atoms with Crippen LogP contribution in [0.2, 0.25) is 0 Å². The summed E-state index contributed by atoms with van der Waals surface area (Å²) in [5.74, 6) is 0.996. The minimum absolute atomic E-state index is 0.0263. The van der Waals surface area contributed by atoms with Crippen LogP contribution in [0, 0.1) is 10.1 Å². The lowest BCUT2D eigenvalue weighted by Crippen LogP contribution is -1.89. The molecule has 2 aromatic rings. The van der Waals surface area contributed by atoms with E-state index in [0.29, 0.717) is 17.3 Å². The number of nitro benzene ring substituents is 1. The third-order valence-corrected chi connectivity index (χ3v) is 3.28. The monoisotopic (exact) mass is 289 g/mol. The summed E-state index contributed by atoms with van der Waals surface area (Å²) in [6.45, 7) is 2.18. The number of rotatable bonds is 8. The van der Waals surface area contributed by atoms with E-state index < -0.39 is 4.92 Å². The number of aromatic nitrogens is 2. The fraction of sp³-hybridized carbons (Fsp3) is 0.467. The summed E-state index contributed by atoms with van der Waals surface area (Å²) < 4.78 is 5.19. The topological polar surface area (TPSA) is 82.1 Å². The Bertz CT molecular complexity index is 595. The zero-order chi connectivity index (χ0) is 15.1. The average molecular weight is 289 g/mol. The molecule has 1 aromatic carbocycles. The zero-order valence-electron chi connectivity index (χ0n) is 12.1. The molecule has 0 N–H and O–H groups in total. The Balaban J connectivity index is 1.96. The van der Waals surface area contributed by atoms with Crippen molar-refractivity contribution >= 4 is 5.69 Å². The lowest BCUT2D eigenvalue weighted by Gasteiger charge is -1.96. The van der Waals surface area contributed by atoms with Crippen molar-refractivity contribution < 1.29 is 9.45 Å². The van der Waals surface area contributed by atoms with E-state index in [1.54, 1.807) is 12.1 Å². The van der Waals surface area contributed by atoms with Gasteiger partial charge in [-0.15, -0.1) is 0 Å². The van der Waals surface area contributed by atoms with Gasteiger partial charge in [0.05, 0.1) is 4.92 Å². The summed E-state index contributed by atoms with van der Waals surface area (Å²) in [4.78, 5) is 14.6. The van der Waals surface area contributed by atoms with Crippen molar-refractivity contribution in [3.05, 3.63) is 40.3 Å². The van der Waals surface area contributed by atoms with E-state index in [0.717, 1.165) is 19.3 Å². The van der Waals surface area contributed by atoms with E-state index in [2.05, 4.69) is 17.1 Å². The molecule has 6 heteroatoms. The lowest BCUT2D eigenvalue weighted by molar-refractivity contribution is -0.384. The van der Waals surface area contributed by atoms with E-state index in [1.807, 2.05) is 0 Å². The van der Waals surface area contributed by atoms with Crippen molar-refractivity contribution in [1.82, 2.24) is 10.1 Å². The van der Waals surface area contributed by atoms with Gasteiger partial charge in [-0.25, -0.2) is 0 Å². The van der Waals surface area contributed by atoms with E-state index in [4.69, 9.17) is 4.52 Å². The van der Waals surface area contributed by atoms with E-state index in [9.17, 15) is 10.1 Å². The average Bonchev–Trinajstić information content (AvgIpc) is 2.96. The molecule has 0 aliphatic heterocycles. The molecule has 2 rings (SSSR count). The minimum atomic E-state index is -0.432. The van der Waals surface area contributed by atoms with Crippen LogP contribution in [-0.4, -0.2) is 15.1 Å². The van der Waals surface area contributed by atoms with Crippen molar-refractivity contribution in [2.75, 3.05) is 0 Å². The Morgan fingerprint density at radius 2 is 2.05 bits per heavy atom. The van der Waals surface area contributed by atoms with Crippen LogP contribution in [0.3, 0.4) is 0 Å². The predicted molar refractivity (Wildman–Crippen MR) is 78.9 cm³/mol. The largest absolute Gasteiger partial charge is 0.339 e. The Kier molecular flexibility index (Phi) is 5.43. The number of unbranched alkanes of at least 4 members (excludes halogenated alkanes) is 4. The quantitative estimate of drug-likeness (QED) is 0.414. The van der Waals surface area contributed by atoms with Gasteiger partial charge in [-0.2, -0.15) is 4.98 Å². The molecule has 0 aliphatic carbocycles. The summed E-state index contributed by atoms with van der Waals surface area (Å²) in [6.07, 6.45) is 6.63. The maximum absolute atomic E-state index is 10.8. The molecule has 0 atom stereocenters. The van der Waals surface area contributed by atoms with Crippen molar-refractivity contribution in [2.24, 2.45) is 0 Å². The van der Waals surface area contributed by atoms with Gasteiger partial charge in [0.25, 0.3) is 5.69 Å². The summed E-state index contributed by atoms with van der Waals surface area (Å²) in [6, 6.07) is 6.26. The Morgan fingerprint density at radius 1 is 1.24 bits per heavy atom. The molecule has 0 aliphatic rings. The first kappa shape index (κ1) is 15.2. The SMILES string of the molecule is CCCCCCCc1nc(-c2cccc([N+](=O)[O-])c2)no1. The summed E-state index contributed by atoms with van der Waals surface area (Å²) >= 11 is 0. The van der Waals surface area contributed by atoms with Crippen LogP contribution in [0.15, 0.2) is 28.8 Å².